The molecule has 1 fully saturated rings. The molecule has 0 aliphatic heterocycles. The summed E-state index contributed by atoms with van der Waals surface area (Å²) in [7, 11) is 0. The van der Waals surface area contributed by atoms with Crippen LogP contribution >= 0.6 is 11.3 Å². The third-order valence-corrected chi connectivity index (χ3v) is 5.85. The smallest absolute Gasteiger partial charge is 0.308 e. The van der Waals surface area contributed by atoms with Gasteiger partial charge in [0.2, 0.25) is 0 Å². The molecule has 2 atom stereocenters. The lowest BCUT2D eigenvalue weighted by molar-refractivity contribution is -0.145. The third kappa shape index (κ3) is 3.28. The maximum absolute atomic E-state index is 12.5. The number of carbonyl (C=O) groups excluding carboxylic acids is 1. The molecule has 1 saturated carbocycles. The quantitative estimate of drug-likeness (QED) is 0.896. The lowest BCUT2D eigenvalue weighted by Gasteiger charge is -2.39. The number of amides is 1. The summed E-state index contributed by atoms with van der Waals surface area (Å²) in [6, 6.07) is 1.90. The Balaban J connectivity index is 2.17. The van der Waals surface area contributed by atoms with Crippen LogP contribution in [-0.4, -0.2) is 22.5 Å². The predicted molar refractivity (Wildman–Crippen MR) is 83.9 cm³/mol. The number of carboxylic acid groups (broad SMARTS) is 1. The Bertz CT molecular complexity index is 552. The van der Waals surface area contributed by atoms with Crippen molar-refractivity contribution >= 4 is 23.2 Å². The summed E-state index contributed by atoms with van der Waals surface area (Å²) >= 11 is 1.51. The van der Waals surface area contributed by atoms with Gasteiger partial charge < -0.3 is 10.4 Å². The largest absolute Gasteiger partial charge is 0.481 e. The molecule has 0 aromatic carbocycles. The van der Waals surface area contributed by atoms with Gasteiger partial charge in [0, 0.05) is 4.88 Å². The number of thiophene rings is 1. The van der Waals surface area contributed by atoms with Crippen molar-refractivity contribution in [3.63, 3.8) is 0 Å². The fourth-order valence-corrected chi connectivity index (χ4v) is 4.19. The average molecular weight is 309 g/mol. The standard InChI is InChI=1S/C16H23NO3S/c1-4-12-10(2)9-13(21-12)14(18)17-16(3)8-6-5-7-11(16)15(19)20/h9,11H,4-8H2,1-3H3,(H,17,18)(H,19,20). The van der Waals surface area contributed by atoms with Crippen LogP contribution in [0.1, 0.15) is 59.6 Å². The van der Waals surface area contributed by atoms with Gasteiger partial charge in [-0.05, 0) is 44.7 Å². The zero-order chi connectivity index (χ0) is 15.6. The van der Waals surface area contributed by atoms with Crippen LogP contribution in [0.15, 0.2) is 6.07 Å². The van der Waals surface area contributed by atoms with Gasteiger partial charge in [-0.3, -0.25) is 9.59 Å². The monoisotopic (exact) mass is 309 g/mol. The minimum atomic E-state index is -0.811. The summed E-state index contributed by atoms with van der Waals surface area (Å²) in [5.41, 5.74) is 0.488. The molecule has 1 aliphatic rings. The van der Waals surface area contributed by atoms with Crippen LogP contribution in [0, 0.1) is 12.8 Å². The number of carbonyl (C=O) groups is 2. The number of aliphatic carboxylic acids is 1. The van der Waals surface area contributed by atoms with Gasteiger partial charge in [0.25, 0.3) is 5.91 Å². The molecule has 1 aromatic rings. The van der Waals surface area contributed by atoms with Gasteiger partial charge in [-0.1, -0.05) is 19.8 Å². The van der Waals surface area contributed by atoms with Crippen LogP contribution in [0.5, 0.6) is 0 Å². The first-order valence-electron chi connectivity index (χ1n) is 7.52. The van der Waals surface area contributed by atoms with E-state index in [-0.39, 0.29) is 5.91 Å². The second-order valence-corrected chi connectivity index (χ2v) is 7.22. The molecule has 116 valence electrons. The Morgan fingerprint density at radius 2 is 2.19 bits per heavy atom. The summed E-state index contributed by atoms with van der Waals surface area (Å²) in [6.45, 7) is 5.95. The van der Waals surface area contributed by atoms with E-state index in [0.717, 1.165) is 31.2 Å². The van der Waals surface area contributed by atoms with E-state index in [9.17, 15) is 14.7 Å². The molecule has 2 unspecified atom stereocenters. The van der Waals surface area contributed by atoms with E-state index in [0.29, 0.717) is 11.3 Å². The van der Waals surface area contributed by atoms with Crippen LogP contribution in [0.3, 0.4) is 0 Å². The molecule has 2 rings (SSSR count). The number of hydrogen-bond donors (Lipinski definition) is 2. The van der Waals surface area contributed by atoms with Crippen molar-refractivity contribution in [2.75, 3.05) is 0 Å². The van der Waals surface area contributed by atoms with Crippen LogP contribution in [0.2, 0.25) is 0 Å². The molecule has 0 saturated heterocycles. The molecule has 1 heterocycles. The molecule has 2 N–H and O–H groups in total. The highest BCUT2D eigenvalue weighted by Gasteiger charge is 2.42. The number of carboxylic acids is 1. The first-order chi connectivity index (χ1) is 9.87. The van der Waals surface area contributed by atoms with Crippen molar-refractivity contribution in [1.82, 2.24) is 5.32 Å². The SMILES string of the molecule is CCc1sc(C(=O)NC2(C)CCCCC2C(=O)O)cc1C. The molecule has 0 spiro atoms. The van der Waals surface area contributed by atoms with E-state index in [1.54, 1.807) is 0 Å². The van der Waals surface area contributed by atoms with Crippen molar-refractivity contribution in [3.05, 3.63) is 21.4 Å². The van der Waals surface area contributed by atoms with Crippen LogP contribution in [0.25, 0.3) is 0 Å². The van der Waals surface area contributed by atoms with Crippen molar-refractivity contribution < 1.29 is 14.7 Å². The van der Waals surface area contributed by atoms with E-state index in [1.165, 1.54) is 16.2 Å². The molecular formula is C16H23NO3S. The van der Waals surface area contributed by atoms with E-state index < -0.39 is 17.4 Å². The Morgan fingerprint density at radius 1 is 1.48 bits per heavy atom. The van der Waals surface area contributed by atoms with Crippen molar-refractivity contribution in [1.29, 1.82) is 0 Å². The first kappa shape index (κ1) is 16.0. The van der Waals surface area contributed by atoms with Gasteiger partial charge in [0.05, 0.1) is 16.3 Å². The Kier molecular flexibility index (Phi) is 4.71. The highest BCUT2D eigenvalue weighted by molar-refractivity contribution is 7.14. The fourth-order valence-electron chi connectivity index (χ4n) is 3.18. The summed E-state index contributed by atoms with van der Waals surface area (Å²) in [4.78, 5) is 25.8. The van der Waals surface area contributed by atoms with E-state index in [2.05, 4.69) is 12.2 Å². The van der Waals surface area contributed by atoms with Crippen molar-refractivity contribution in [2.24, 2.45) is 5.92 Å². The second-order valence-electron chi connectivity index (χ2n) is 6.08. The number of nitrogens with one attached hydrogen (secondary N) is 1. The molecule has 0 bridgehead atoms. The fraction of sp³-hybridized carbons (Fsp3) is 0.625. The van der Waals surface area contributed by atoms with E-state index >= 15 is 0 Å². The molecule has 0 radical (unpaired) electrons. The molecule has 4 nitrogen and oxygen atoms in total. The molecule has 21 heavy (non-hydrogen) atoms. The molecule has 1 aromatic heterocycles. The maximum Gasteiger partial charge on any atom is 0.308 e. The highest BCUT2D eigenvalue weighted by Crippen LogP contribution is 2.34. The molecular weight excluding hydrogens is 286 g/mol. The first-order valence-corrected chi connectivity index (χ1v) is 8.33. The van der Waals surface area contributed by atoms with Crippen LogP contribution in [-0.2, 0) is 11.2 Å². The second kappa shape index (κ2) is 6.18. The minimum Gasteiger partial charge on any atom is -0.481 e. The van der Waals surface area contributed by atoms with Gasteiger partial charge in [0.15, 0.2) is 0 Å². The number of hydrogen-bond acceptors (Lipinski definition) is 3. The van der Waals surface area contributed by atoms with Crippen LogP contribution in [0.4, 0.5) is 0 Å². The van der Waals surface area contributed by atoms with Crippen molar-refractivity contribution in [2.45, 2.75) is 58.4 Å². The number of aryl methyl sites for hydroxylation is 2. The van der Waals surface area contributed by atoms with Gasteiger partial charge in [0.1, 0.15) is 0 Å². The van der Waals surface area contributed by atoms with Crippen molar-refractivity contribution in [3.8, 4) is 0 Å². The minimum absolute atomic E-state index is 0.140. The lowest BCUT2D eigenvalue weighted by Crippen LogP contribution is -2.55. The summed E-state index contributed by atoms with van der Waals surface area (Å²) < 4.78 is 0. The third-order valence-electron chi connectivity index (χ3n) is 4.47. The zero-order valence-electron chi connectivity index (χ0n) is 12.9. The van der Waals surface area contributed by atoms with Gasteiger partial charge in [-0.2, -0.15) is 0 Å². The highest BCUT2D eigenvalue weighted by atomic mass is 32.1. The van der Waals surface area contributed by atoms with Crippen LogP contribution < -0.4 is 5.32 Å². The van der Waals surface area contributed by atoms with Gasteiger partial charge in [-0.25, -0.2) is 0 Å². The molecule has 1 amide bonds. The van der Waals surface area contributed by atoms with E-state index in [1.807, 2.05) is 19.9 Å². The molecule has 5 heteroatoms. The van der Waals surface area contributed by atoms with Gasteiger partial charge in [-0.15, -0.1) is 11.3 Å². The average Bonchev–Trinajstić information content (AvgIpc) is 2.79. The summed E-state index contributed by atoms with van der Waals surface area (Å²) in [5.74, 6) is -1.45. The predicted octanol–water partition coefficient (Wildman–Crippen LogP) is 3.38. The Hall–Kier alpha value is -1.36. The zero-order valence-corrected chi connectivity index (χ0v) is 13.7. The summed E-state index contributed by atoms with van der Waals surface area (Å²) in [6.07, 6.45) is 4.15. The molecule has 1 aliphatic carbocycles. The van der Waals surface area contributed by atoms with Gasteiger partial charge >= 0.3 is 5.97 Å². The maximum atomic E-state index is 12.5. The Morgan fingerprint density at radius 3 is 2.76 bits per heavy atom. The summed E-state index contributed by atoms with van der Waals surface area (Å²) in [5, 5.41) is 12.4. The topological polar surface area (TPSA) is 66.4 Å². The normalized spacial score (nSPS) is 25.6. The number of rotatable bonds is 4. The Labute approximate surface area is 129 Å². The lowest BCUT2D eigenvalue weighted by atomic mass is 9.74. The van der Waals surface area contributed by atoms with E-state index in [4.69, 9.17) is 0 Å².